The highest BCUT2D eigenvalue weighted by molar-refractivity contribution is 5.62. The largest absolute Gasteiger partial charge is 0.398 e. The normalized spacial score (nSPS) is 10.7. The maximum atomic E-state index is 10.7. The van der Waals surface area contributed by atoms with Crippen molar-refractivity contribution in [3.05, 3.63) is 28.3 Å². The number of rotatable bonds is 6. The lowest BCUT2D eigenvalue weighted by Crippen LogP contribution is -2.24. The molecule has 1 aromatic rings. The molecule has 0 amide bonds. The van der Waals surface area contributed by atoms with E-state index in [0.29, 0.717) is 24.5 Å². The van der Waals surface area contributed by atoms with Gasteiger partial charge in [-0.3, -0.25) is 10.1 Å². The number of benzene rings is 1. The third-order valence-corrected chi connectivity index (χ3v) is 2.45. The number of nitro benzene ring substituents is 1. The average molecular weight is 253 g/mol. The van der Waals surface area contributed by atoms with E-state index in [4.69, 9.17) is 10.5 Å². The van der Waals surface area contributed by atoms with Crippen LogP contribution in [0.15, 0.2) is 18.2 Å². The SMILES string of the molecule is CC(C)OCCN(C)c1cc(N)cc([N+](=O)[O-])c1. The average Bonchev–Trinajstić information content (AvgIpc) is 2.27. The molecule has 1 aromatic carbocycles. The van der Waals surface area contributed by atoms with Gasteiger partial charge in [-0.05, 0) is 19.9 Å². The molecule has 0 fully saturated rings. The third-order valence-electron chi connectivity index (χ3n) is 2.45. The standard InChI is InChI=1S/C12H19N3O3/c1-9(2)18-5-4-14(3)11-6-10(13)7-12(8-11)15(16)17/h6-9H,4-5,13H2,1-3H3. The second kappa shape index (κ2) is 6.20. The smallest absolute Gasteiger partial charge is 0.273 e. The van der Waals surface area contributed by atoms with Crippen molar-refractivity contribution >= 4 is 17.1 Å². The van der Waals surface area contributed by atoms with Crippen LogP contribution in [0.4, 0.5) is 17.1 Å². The number of likely N-dealkylation sites (N-methyl/N-ethyl adjacent to an activating group) is 1. The van der Waals surface area contributed by atoms with Gasteiger partial charge in [-0.25, -0.2) is 0 Å². The summed E-state index contributed by atoms with van der Waals surface area (Å²) in [6.07, 6.45) is 0.175. The van der Waals surface area contributed by atoms with E-state index in [0.717, 1.165) is 0 Å². The predicted octanol–water partition coefficient (Wildman–Crippen LogP) is 2.04. The van der Waals surface area contributed by atoms with Crippen molar-refractivity contribution in [1.82, 2.24) is 0 Å². The molecule has 0 saturated carbocycles. The lowest BCUT2D eigenvalue weighted by molar-refractivity contribution is -0.384. The number of anilines is 2. The zero-order valence-corrected chi connectivity index (χ0v) is 10.9. The van der Waals surface area contributed by atoms with Gasteiger partial charge in [0.15, 0.2) is 0 Å². The topological polar surface area (TPSA) is 81.6 Å². The first-order chi connectivity index (χ1) is 8.40. The molecular weight excluding hydrogens is 234 g/mol. The van der Waals surface area contributed by atoms with Gasteiger partial charge in [0.1, 0.15) is 0 Å². The highest BCUT2D eigenvalue weighted by Gasteiger charge is 2.11. The van der Waals surface area contributed by atoms with Crippen LogP contribution in [0.1, 0.15) is 13.8 Å². The summed E-state index contributed by atoms with van der Waals surface area (Å²) < 4.78 is 5.44. The molecule has 0 heterocycles. The van der Waals surface area contributed by atoms with E-state index in [1.54, 1.807) is 6.07 Å². The molecule has 0 spiro atoms. The number of nitrogens with two attached hydrogens (primary N) is 1. The minimum Gasteiger partial charge on any atom is -0.398 e. The quantitative estimate of drug-likeness (QED) is 0.476. The Balaban J connectivity index is 2.73. The fraction of sp³-hybridized carbons (Fsp3) is 0.500. The van der Waals surface area contributed by atoms with Gasteiger partial charge in [0, 0.05) is 37.1 Å². The number of nitrogen functional groups attached to an aromatic ring is 1. The Labute approximate surface area is 106 Å². The van der Waals surface area contributed by atoms with Crippen LogP contribution in [0.5, 0.6) is 0 Å². The van der Waals surface area contributed by atoms with E-state index < -0.39 is 4.92 Å². The number of nitrogens with zero attached hydrogens (tertiary/aromatic N) is 2. The van der Waals surface area contributed by atoms with Crippen LogP contribution in [-0.4, -0.2) is 31.2 Å². The van der Waals surface area contributed by atoms with Gasteiger partial charge in [-0.2, -0.15) is 0 Å². The Morgan fingerprint density at radius 2 is 2.11 bits per heavy atom. The van der Waals surface area contributed by atoms with E-state index in [2.05, 4.69) is 0 Å². The van der Waals surface area contributed by atoms with Crippen molar-refractivity contribution in [3.63, 3.8) is 0 Å². The van der Waals surface area contributed by atoms with Crippen LogP contribution in [0.3, 0.4) is 0 Å². The Hall–Kier alpha value is -1.82. The Morgan fingerprint density at radius 1 is 1.44 bits per heavy atom. The van der Waals surface area contributed by atoms with Gasteiger partial charge >= 0.3 is 0 Å². The molecule has 2 N–H and O–H groups in total. The molecule has 0 aromatic heterocycles. The maximum absolute atomic E-state index is 10.7. The summed E-state index contributed by atoms with van der Waals surface area (Å²) in [5, 5.41) is 10.7. The molecular formula is C12H19N3O3. The van der Waals surface area contributed by atoms with Gasteiger partial charge in [-0.15, -0.1) is 0 Å². The summed E-state index contributed by atoms with van der Waals surface area (Å²) >= 11 is 0. The zero-order chi connectivity index (χ0) is 13.7. The van der Waals surface area contributed by atoms with Crippen molar-refractivity contribution in [2.24, 2.45) is 0 Å². The maximum Gasteiger partial charge on any atom is 0.273 e. The van der Waals surface area contributed by atoms with Crippen molar-refractivity contribution in [3.8, 4) is 0 Å². The van der Waals surface area contributed by atoms with Crippen molar-refractivity contribution in [2.45, 2.75) is 20.0 Å². The number of non-ortho nitro benzene ring substituents is 1. The van der Waals surface area contributed by atoms with E-state index in [-0.39, 0.29) is 11.8 Å². The van der Waals surface area contributed by atoms with Crippen LogP contribution in [0.25, 0.3) is 0 Å². The number of hydrogen-bond acceptors (Lipinski definition) is 5. The summed E-state index contributed by atoms with van der Waals surface area (Å²) in [5.74, 6) is 0. The summed E-state index contributed by atoms with van der Waals surface area (Å²) in [4.78, 5) is 12.2. The van der Waals surface area contributed by atoms with Gasteiger partial charge < -0.3 is 15.4 Å². The van der Waals surface area contributed by atoms with Gasteiger partial charge in [0.25, 0.3) is 5.69 Å². The summed E-state index contributed by atoms with van der Waals surface area (Å²) in [5.41, 5.74) is 6.75. The fourth-order valence-corrected chi connectivity index (χ4v) is 1.50. The van der Waals surface area contributed by atoms with Gasteiger partial charge in [-0.1, -0.05) is 0 Å². The summed E-state index contributed by atoms with van der Waals surface area (Å²) in [6.45, 7) is 5.15. The third kappa shape index (κ3) is 4.21. The second-order valence-corrected chi connectivity index (χ2v) is 4.38. The fourth-order valence-electron chi connectivity index (χ4n) is 1.50. The predicted molar refractivity (Wildman–Crippen MR) is 71.9 cm³/mol. The van der Waals surface area contributed by atoms with Crippen LogP contribution in [-0.2, 0) is 4.74 Å². The summed E-state index contributed by atoms with van der Waals surface area (Å²) in [6, 6.07) is 4.57. The molecule has 0 aliphatic carbocycles. The van der Waals surface area contributed by atoms with Gasteiger partial charge in [0.05, 0.1) is 17.6 Å². The molecule has 0 aliphatic rings. The van der Waals surface area contributed by atoms with E-state index in [9.17, 15) is 10.1 Å². The molecule has 6 nitrogen and oxygen atoms in total. The lowest BCUT2D eigenvalue weighted by Gasteiger charge is -2.20. The molecule has 0 radical (unpaired) electrons. The monoisotopic (exact) mass is 253 g/mol. The number of ether oxygens (including phenoxy) is 1. The number of hydrogen-bond donors (Lipinski definition) is 1. The minimum atomic E-state index is -0.446. The molecule has 1 rings (SSSR count). The van der Waals surface area contributed by atoms with Crippen LogP contribution in [0.2, 0.25) is 0 Å². The number of nitro groups is 1. The molecule has 6 heteroatoms. The molecule has 100 valence electrons. The van der Waals surface area contributed by atoms with Crippen molar-refractivity contribution in [1.29, 1.82) is 0 Å². The molecule has 0 saturated heterocycles. The Kier molecular flexibility index (Phi) is 4.91. The first kappa shape index (κ1) is 14.2. The zero-order valence-electron chi connectivity index (χ0n) is 10.9. The Bertz CT molecular complexity index is 421. The van der Waals surface area contributed by atoms with E-state index in [1.165, 1.54) is 12.1 Å². The highest BCUT2D eigenvalue weighted by atomic mass is 16.6. The summed E-state index contributed by atoms with van der Waals surface area (Å²) in [7, 11) is 1.85. The molecule has 0 unspecified atom stereocenters. The van der Waals surface area contributed by atoms with Crippen molar-refractivity contribution in [2.75, 3.05) is 30.8 Å². The Morgan fingerprint density at radius 3 is 2.67 bits per heavy atom. The van der Waals surface area contributed by atoms with E-state index >= 15 is 0 Å². The van der Waals surface area contributed by atoms with Gasteiger partial charge in [0.2, 0.25) is 0 Å². The first-order valence-corrected chi connectivity index (χ1v) is 5.78. The molecule has 0 aliphatic heterocycles. The van der Waals surface area contributed by atoms with Crippen molar-refractivity contribution < 1.29 is 9.66 Å². The lowest BCUT2D eigenvalue weighted by atomic mass is 10.2. The molecule has 18 heavy (non-hydrogen) atoms. The molecule has 0 bridgehead atoms. The van der Waals surface area contributed by atoms with E-state index in [1.807, 2.05) is 25.8 Å². The highest BCUT2D eigenvalue weighted by Crippen LogP contribution is 2.24. The minimum absolute atomic E-state index is 0.00151. The molecule has 0 atom stereocenters. The van der Waals surface area contributed by atoms with Crippen LogP contribution in [0, 0.1) is 10.1 Å². The second-order valence-electron chi connectivity index (χ2n) is 4.38. The van der Waals surface area contributed by atoms with Crippen LogP contribution < -0.4 is 10.6 Å². The van der Waals surface area contributed by atoms with Crippen LogP contribution >= 0.6 is 0 Å². The first-order valence-electron chi connectivity index (χ1n) is 5.78.